The lowest BCUT2D eigenvalue weighted by atomic mass is 9.95. The van der Waals surface area contributed by atoms with Crippen molar-refractivity contribution in [2.75, 3.05) is 26.9 Å². The Labute approximate surface area is 217 Å². The number of aromatic nitrogens is 1. The van der Waals surface area contributed by atoms with Gasteiger partial charge in [0.15, 0.2) is 15.6 Å². The van der Waals surface area contributed by atoms with E-state index in [1.165, 1.54) is 66.4 Å². The zero-order valence-corrected chi connectivity index (χ0v) is 21.7. The van der Waals surface area contributed by atoms with Crippen LogP contribution in [0, 0.1) is 5.82 Å². The number of sulfone groups is 1. The smallest absolute Gasteiger partial charge is 0.298 e. The molecule has 0 atom stereocenters. The van der Waals surface area contributed by atoms with E-state index in [9.17, 15) is 32.3 Å². The van der Waals surface area contributed by atoms with E-state index in [4.69, 9.17) is 11.6 Å². The Bertz CT molecular complexity index is 1600. The Kier molecular flexibility index (Phi) is 6.87. The fourth-order valence-corrected chi connectivity index (χ4v) is 5.06. The van der Waals surface area contributed by atoms with E-state index in [1.54, 1.807) is 0 Å². The van der Waals surface area contributed by atoms with Crippen LogP contribution >= 0.6 is 11.6 Å². The largest absolute Gasteiger partial charge is 0.502 e. The molecule has 3 aromatic rings. The number of pyridine rings is 1. The lowest BCUT2D eigenvalue weighted by Gasteiger charge is -2.31. The normalized spacial score (nSPS) is 13.4. The van der Waals surface area contributed by atoms with Crippen LogP contribution in [0.5, 0.6) is 5.75 Å². The van der Waals surface area contributed by atoms with Crippen LogP contribution in [-0.2, 0) is 22.8 Å². The molecule has 0 spiro atoms. The third kappa shape index (κ3) is 4.84. The Balaban J connectivity index is 1.87. The Morgan fingerprint density at radius 3 is 2.35 bits per heavy atom. The Hall–Kier alpha value is -3.70. The summed E-state index contributed by atoms with van der Waals surface area (Å²) in [5, 5.41) is 10.8. The van der Waals surface area contributed by atoms with Gasteiger partial charge in [-0.25, -0.2) is 12.8 Å². The van der Waals surface area contributed by atoms with Crippen molar-refractivity contribution >= 4 is 33.3 Å². The topological polar surface area (TPSA) is 117 Å². The predicted molar refractivity (Wildman–Crippen MR) is 135 cm³/mol. The lowest BCUT2D eigenvalue weighted by molar-refractivity contribution is 0.0720. The number of carbonyl (C=O) groups is 2. The molecular formula is C25H23ClFN3O6S. The third-order valence-corrected chi connectivity index (χ3v) is 7.49. The number of benzene rings is 2. The van der Waals surface area contributed by atoms with Crippen LogP contribution in [0.1, 0.15) is 32.0 Å². The van der Waals surface area contributed by atoms with Crippen LogP contribution in [0.15, 0.2) is 52.2 Å². The molecular weight excluding hydrogens is 525 g/mol. The predicted octanol–water partition coefficient (Wildman–Crippen LogP) is 2.64. The third-order valence-electron chi connectivity index (χ3n) is 6.08. The van der Waals surface area contributed by atoms with Gasteiger partial charge in [-0.05, 0) is 48.4 Å². The molecule has 194 valence electrons. The average Bonchev–Trinajstić information content (AvgIpc) is 2.84. The van der Waals surface area contributed by atoms with Crippen molar-refractivity contribution in [2.24, 2.45) is 0 Å². The highest BCUT2D eigenvalue weighted by atomic mass is 35.5. The van der Waals surface area contributed by atoms with Crippen molar-refractivity contribution in [3.63, 3.8) is 0 Å². The summed E-state index contributed by atoms with van der Waals surface area (Å²) in [6.07, 6.45) is 1.18. The number of fused-ring (bicyclic) bond motifs is 1. The molecule has 37 heavy (non-hydrogen) atoms. The van der Waals surface area contributed by atoms with Gasteiger partial charge in [0, 0.05) is 44.7 Å². The van der Waals surface area contributed by atoms with E-state index < -0.39 is 38.8 Å². The van der Waals surface area contributed by atoms with E-state index >= 15 is 0 Å². The second-order valence-electron chi connectivity index (χ2n) is 8.88. The number of nitrogens with zero attached hydrogens (tertiary/aromatic N) is 3. The SMILES string of the molecule is CN(C)C(=O)c1c2c(c(O)c(=O)n1-c1ccc(S(C)(=O)=O)cc1)C(=O)N(Cc1ccc(F)c(Cl)c1)CC2. The molecule has 4 rings (SSSR count). The first-order valence-corrected chi connectivity index (χ1v) is 13.3. The van der Waals surface area contributed by atoms with Crippen molar-refractivity contribution in [1.29, 1.82) is 0 Å². The van der Waals surface area contributed by atoms with Crippen molar-refractivity contribution in [1.82, 2.24) is 14.4 Å². The molecule has 0 saturated carbocycles. The van der Waals surface area contributed by atoms with Gasteiger partial charge in [-0.2, -0.15) is 0 Å². The van der Waals surface area contributed by atoms with Crippen LogP contribution in [0.3, 0.4) is 0 Å². The monoisotopic (exact) mass is 547 g/mol. The minimum atomic E-state index is -3.51. The van der Waals surface area contributed by atoms with Gasteiger partial charge in [-0.15, -0.1) is 0 Å². The van der Waals surface area contributed by atoms with Crippen LogP contribution in [-0.4, -0.2) is 66.6 Å². The van der Waals surface area contributed by atoms with Crippen LogP contribution in [0.2, 0.25) is 5.02 Å². The lowest BCUT2D eigenvalue weighted by Crippen LogP contribution is -2.42. The molecule has 2 aromatic carbocycles. The van der Waals surface area contributed by atoms with Gasteiger partial charge in [0.05, 0.1) is 15.5 Å². The van der Waals surface area contributed by atoms with Crippen molar-refractivity contribution in [3.05, 3.63) is 86.0 Å². The quantitative estimate of drug-likeness (QED) is 0.525. The fraction of sp³-hybridized carbons (Fsp3) is 0.240. The highest BCUT2D eigenvalue weighted by molar-refractivity contribution is 7.90. The summed E-state index contributed by atoms with van der Waals surface area (Å²) in [5.74, 6) is -2.67. The minimum Gasteiger partial charge on any atom is -0.502 e. The molecule has 12 heteroatoms. The number of hydrogen-bond acceptors (Lipinski definition) is 6. The summed E-state index contributed by atoms with van der Waals surface area (Å²) in [6.45, 7) is 0.198. The van der Waals surface area contributed by atoms with Crippen molar-refractivity contribution < 1.29 is 27.5 Å². The second-order valence-corrected chi connectivity index (χ2v) is 11.3. The number of halogens is 2. The number of aromatic hydroxyl groups is 1. The number of amides is 2. The first-order valence-electron chi connectivity index (χ1n) is 11.1. The molecule has 0 bridgehead atoms. The second kappa shape index (κ2) is 9.64. The molecule has 1 aliphatic heterocycles. The van der Waals surface area contributed by atoms with E-state index in [-0.39, 0.29) is 51.9 Å². The summed E-state index contributed by atoms with van der Waals surface area (Å²) in [6, 6.07) is 9.33. The van der Waals surface area contributed by atoms with Crippen molar-refractivity contribution in [3.8, 4) is 11.4 Å². The summed E-state index contributed by atoms with van der Waals surface area (Å²) < 4.78 is 38.2. The molecule has 2 heterocycles. The van der Waals surface area contributed by atoms with Crippen LogP contribution in [0.25, 0.3) is 5.69 Å². The maximum Gasteiger partial charge on any atom is 0.298 e. The van der Waals surface area contributed by atoms with Gasteiger partial charge >= 0.3 is 0 Å². The Morgan fingerprint density at radius 1 is 1.14 bits per heavy atom. The van der Waals surface area contributed by atoms with Gasteiger partial charge in [0.2, 0.25) is 0 Å². The van der Waals surface area contributed by atoms with Gasteiger partial charge in [0.1, 0.15) is 11.5 Å². The maximum atomic E-state index is 13.5. The molecule has 9 nitrogen and oxygen atoms in total. The standard InChI is InChI=1S/C25H23ClFN3O6S/c1-28(2)24(33)21-17-10-11-29(13-14-4-9-19(27)18(26)12-14)23(32)20(17)22(31)25(34)30(21)15-5-7-16(8-6-15)37(3,35)36/h4-9,12,31H,10-11,13H2,1-3H3. The molecule has 2 amide bonds. The molecule has 0 radical (unpaired) electrons. The molecule has 0 saturated heterocycles. The maximum absolute atomic E-state index is 13.5. The molecule has 0 aliphatic carbocycles. The molecule has 1 aliphatic rings. The van der Waals surface area contributed by atoms with Gasteiger partial charge in [-0.1, -0.05) is 17.7 Å². The molecule has 0 unspecified atom stereocenters. The van der Waals surface area contributed by atoms with Crippen LogP contribution in [0.4, 0.5) is 4.39 Å². The average molecular weight is 548 g/mol. The Morgan fingerprint density at radius 2 is 1.78 bits per heavy atom. The van der Waals surface area contributed by atoms with E-state index in [1.807, 2.05) is 0 Å². The first kappa shape index (κ1) is 26.4. The summed E-state index contributed by atoms with van der Waals surface area (Å²) in [7, 11) is -0.541. The number of carbonyl (C=O) groups excluding carboxylic acids is 2. The number of rotatable bonds is 5. The van der Waals surface area contributed by atoms with Gasteiger partial charge in [-0.3, -0.25) is 19.0 Å². The first-order chi connectivity index (χ1) is 17.3. The van der Waals surface area contributed by atoms with Crippen LogP contribution < -0.4 is 5.56 Å². The zero-order valence-electron chi connectivity index (χ0n) is 20.2. The summed E-state index contributed by atoms with van der Waals surface area (Å²) in [5.41, 5.74) is -0.494. The number of hydrogen-bond donors (Lipinski definition) is 1. The van der Waals surface area contributed by atoms with E-state index in [0.29, 0.717) is 5.56 Å². The fourth-order valence-electron chi connectivity index (χ4n) is 4.23. The van der Waals surface area contributed by atoms with E-state index in [0.717, 1.165) is 10.8 Å². The van der Waals surface area contributed by atoms with Gasteiger partial charge < -0.3 is 14.9 Å². The van der Waals surface area contributed by atoms with Crippen molar-refractivity contribution in [2.45, 2.75) is 17.9 Å². The van der Waals surface area contributed by atoms with E-state index in [2.05, 4.69) is 0 Å². The zero-order chi connectivity index (χ0) is 27.2. The molecule has 0 fully saturated rings. The molecule has 1 aromatic heterocycles. The molecule has 1 N–H and O–H groups in total. The summed E-state index contributed by atoms with van der Waals surface area (Å²) >= 11 is 5.85. The highest BCUT2D eigenvalue weighted by Crippen LogP contribution is 2.31. The minimum absolute atomic E-state index is 0.0127. The summed E-state index contributed by atoms with van der Waals surface area (Å²) in [4.78, 5) is 42.7. The van der Waals surface area contributed by atoms with Gasteiger partial charge in [0.25, 0.3) is 17.4 Å². The highest BCUT2D eigenvalue weighted by Gasteiger charge is 2.35.